The van der Waals surface area contributed by atoms with Crippen LogP contribution in [0.15, 0.2) is 52.6 Å². The maximum atomic E-state index is 4.24. The van der Waals surface area contributed by atoms with E-state index in [2.05, 4.69) is 51.2 Å². The molecule has 0 spiro atoms. The van der Waals surface area contributed by atoms with Gasteiger partial charge < -0.3 is 10.6 Å². The second-order valence-electron chi connectivity index (χ2n) is 4.82. The van der Waals surface area contributed by atoms with E-state index < -0.39 is 0 Å². The van der Waals surface area contributed by atoms with Gasteiger partial charge in [0.25, 0.3) is 0 Å². The van der Waals surface area contributed by atoms with Crippen LogP contribution in [0.5, 0.6) is 0 Å². The molecule has 0 saturated carbocycles. The van der Waals surface area contributed by atoms with Gasteiger partial charge in [0.15, 0.2) is 5.96 Å². The Kier molecular flexibility index (Phi) is 9.77. The third-order valence-electron chi connectivity index (χ3n) is 3.26. The molecule has 0 saturated heterocycles. The third kappa shape index (κ3) is 7.26. The molecule has 0 unspecified atom stereocenters. The number of aliphatic imine (C=N–C) groups is 1. The summed E-state index contributed by atoms with van der Waals surface area (Å²) < 4.78 is 1.94. The Hall–Kier alpha value is -1.22. The average Bonchev–Trinajstić information content (AvgIpc) is 3.08. The maximum absolute atomic E-state index is 4.24. The van der Waals surface area contributed by atoms with Gasteiger partial charge in [-0.05, 0) is 36.4 Å². The average molecular weight is 445 g/mol. The molecule has 0 atom stereocenters. The molecule has 0 aliphatic rings. The van der Waals surface area contributed by atoms with E-state index in [-0.39, 0.29) is 24.0 Å². The molecule has 0 amide bonds. The molecular formula is C16H24IN5S. The topological polar surface area (TPSA) is 54.2 Å². The second-order valence-corrected chi connectivity index (χ2v) is 5.70. The van der Waals surface area contributed by atoms with Crippen molar-refractivity contribution in [2.75, 3.05) is 19.8 Å². The van der Waals surface area contributed by atoms with Crippen LogP contribution in [-0.2, 0) is 13.1 Å². The van der Waals surface area contributed by atoms with Crippen LogP contribution in [0.4, 0.5) is 0 Å². The van der Waals surface area contributed by atoms with Gasteiger partial charge in [-0.1, -0.05) is 12.1 Å². The van der Waals surface area contributed by atoms with Crippen molar-refractivity contribution in [1.82, 2.24) is 20.4 Å². The number of nitrogens with one attached hydrogen (secondary N) is 2. The van der Waals surface area contributed by atoms with E-state index in [0.29, 0.717) is 0 Å². The molecule has 2 aromatic rings. The molecule has 0 fully saturated rings. The molecule has 23 heavy (non-hydrogen) atoms. The molecule has 7 heteroatoms. The van der Waals surface area contributed by atoms with Crippen molar-refractivity contribution in [2.45, 2.75) is 24.4 Å². The van der Waals surface area contributed by atoms with Gasteiger partial charge in [0.05, 0.1) is 0 Å². The number of nitrogens with zero attached hydrogens (tertiary/aromatic N) is 3. The molecule has 0 bridgehead atoms. The van der Waals surface area contributed by atoms with Crippen molar-refractivity contribution < 1.29 is 0 Å². The van der Waals surface area contributed by atoms with Crippen molar-refractivity contribution >= 4 is 41.7 Å². The third-order valence-corrected chi connectivity index (χ3v) is 4.00. The summed E-state index contributed by atoms with van der Waals surface area (Å²) in [6, 6.07) is 10.5. The molecule has 0 aliphatic heterocycles. The molecule has 1 aromatic heterocycles. The minimum atomic E-state index is 0. The minimum absolute atomic E-state index is 0. The van der Waals surface area contributed by atoms with E-state index in [1.807, 2.05) is 16.9 Å². The number of rotatable bonds is 7. The van der Waals surface area contributed by atoms with E-state index in [1.54, 1.807) is 25.0 Å². The number of benzene rings is 1. The van der Waals surface area contributed by atoms with Gasteiger partial charge in [-0.2, -0.15) is 5.10 Å². The summed E-state index contributed by atoms with van der Waals surface area (Å²) in [7, 11) is 1.79. The molecule has 2 N–H and O–H groups in total. The lowest BCUT2D eigenvalue weighted by Crippen LogP contribution is -2.37. The Morgan fingerprint density at radius 3 is 2.65 bits per heavy atom. The summed E-state index contributed by atoms with van der Waals surface area (Å²) in [6.45, 7) is 2.55. The normalized spacial score (nSPS) is 11.0. The number of aryl methyl sites for hydroxylation is 1. The van der Waals surface area contributed by atoms with Crippen LogP contribution in [0.2, 0.25) is 0 Å². The van der Waals surface area contributed by atoms with Crippen LogP contribution < -0.4 is 10.6 Å². The van der Waals surface area contributed by atoms with Crippen molar-refractivity contribution in [1.29, 1.82) is 0 Å². The van der Waals surface area contributed by atoms with Crippen LogP contribution in [0, 0.1) is 0 Å². The van der Waals surface area contributed by atoms with Gasteiger partial charge in [-0.25, -0.2) is 0 Å². The Labute approximate surface area is 159 Å². The predicted octanol–water partition coefficient (Wildman–Crippen LogP) is 2.98. The zero-order chi connectivity index (χ0) is 15.6. The van der Waals surface area contributed by atoms with Gasteiger partial charge >= 0.3 is 0 Å². The first-order chi connectivity index (χ1) is 10.8. The lowest BCUT2D eigenvalue weighted by Gasteiger charge is -2.12. The molecule has 5 nitrogen and oxygen atoms in total. The number of thioether (sulfide) groups is 1. The van der Waals surface area contributed by atoms with Crippen LogP contribution in [0.1, 0.15) is 12.0 Å². The van der Waals surface area contributed by atoms with Gasteiger partial charge in [0, 0.05) is 44.0 Å². The van der Waals surface area contributed by atoms with Gasteiger partial charge in [0.1, 0.15) is 0 Å². The van der Waals surface area contributed by atoms with E-state index >= 15 is 0 Å². The van der Waals surface area contributed by atoms with Gasteiger partial charge in [-0.3, -0.25) is 9.67 Å². The highest BCUT2D eigenvalue weighted by Gasteiger charge is 1.99. The summed E-state index contributed by atoms with van der Waals surface area (Å²) in [4.78, 5) is 5.52. The van der Waals surface area contributed by atoms with Crippen LogP contribution >= 0.6 is 35.7 Å². The lowest BCUT2D eigenvalue weighted by molar-refractivity contribution is 0.570. The van der Waals surface area contributed by atoms with Crippen molar-refractivity contribution in [2.24, 2.45) is 4.99 Å². The van der Waals surface area contributed by atoms with Crippen LogP contribution in [0.3, 0.4) is 0 Å². The standard InChI is InChI=1S/C16H23N5S.HI/c1-17-16(18-9-3-11-21-12-4-10-20-21)19-13-14-5-7-15(22-2)8-6-14;/h4-8,10,12H,3,9,11,13H2,1-2H3,(H2,17,18,19);1H. The Morgan fingerprint density at radius 1 is 1.26 bits per heavy atom. The molecule has 1 heterocycles. The summed E-state index contributed by atoms with van der Waals surface area (Å²) in [6.07, 6.45) is 6.87. The van der Waals surface area contributed by atoms with E-state index in [1.165, 1.54) is 10.5 Å². The molecule has 126 valence electrons. The van der Waals surface area contributed by atoms with Crippen molar-refractivity contribution in [3.8, 4) is 0 Å². The number of guanidine groups is 1. The molecule has 0 radical (unpaired) electrons. The summed E-state index contributed by atoms with van der Waals surface area (Å²) >= 11 is 1.76. The molecule has 2 rings (SSSR count). The first kappa shape index (κ1) is 19.8. The fourth-order valence-electron chi connectivity index (χ4n) is 2.03. The zero-order valence-electron chi connectivity index (χ0n) is 13.5. The summed E-state index contributed by atoms with van der Waals surface area (Å²) in [5.41, 5.74) is 1.25. The van der Waals surface area contributed by atoms with E-state index in [4.69, 9.17) is 0 Å². The number of hydrogen-bond acceptors (Lipinski definition) is 3. The molecule has 1 aromatic carbocycles. The van der Waals surface area contributed by atoms with E-state index in [0.717, 1.165) is 32.0 Å². The van der Waals surface area contributed by atoms with Gasteiger partial charge in [-0.15, -0.1) is 35.7 Å². The fourth-order valence-corrected chi connectivity index (χ4v) is 2.44. The molecule has 0 aliphatic carbocycles. The quantitative estimate of drug-likeness (QED) is 0.226. The first-order valence-electron chi connectivity index (χ1n) is 7.36. The maximum Gasteiger partial charge on any atom is 0.191 e. The second kappa shape index (κ2) is 11.3. The number of halogens is 1. The SMILES string of the molecule is CN=C(NCCCn1cccn1)NCc1ccc(SC)cc1.I. The van der Waals surface area contributed by atoms with Crippen molar-refractivity contribution in [3.05, 3.63) is 48.3 Å². The zero-order valence-corrected chi connectivity index (χ0v) is 16.7. The monoisotopic (exact) mass is 445 g/mol. The minimum Gasteiger partial charge on any atom is -0.356 e. The number of hydrogen-bond donors (Lipinski definition) is 2. The van der Waals surface area contributed by atoms with Crippen molar-refractivity contribution in [3.63, 3.8) is 0 Å². The highest BCUT2D eigenvalue weighted by molar-refractivity contribution is 14.0. The Balaban J connectivity index is 0.00000264. The highest BCUT2D eigenvalue weighted by Crippen LogP contribution is 2.14. The number of aromatic nitrogens is 2. The van der Waals surface area contributed by atoms with Crippen LogP contribution in [-0.4, -0.2) is 35.6 Å². The fraction of sp³-hybridized carbons (Fsp3) is 0.375. The van der Waals surface area contributed by atoms with Crippen LogP contribution in [0.25, 0.3) is 0 Å². The largest absolute Gasteiger partial charge is 0.356 e. The Bertz CT molecular complexity index is 569. The smallest absolute Gasteiger partial charge is 0.191 e. The lowest BCUT2D eigenvalue weighted by atomic mass is 10.2. The van der Waals surface area contributed by atoms with E-state index in [9.17, 15) is 0 Å². The van der Waals surface area contributed by atoms with Gasteiger partial charge in [0.2, 0.25) is 0 Å². The highest BCUT2D eigenvalue weighted by atomic mass is 127. The predicted molar refractivity (Wildman–Crippen MR) is 109 cm³/mol. The summed E-state index contributed by atoms with van der Waals surface area (Å²) in [5.74, 6) is 0.828. The molecular weight excluding hydrogens is 421 g/mol. The first-order valence-corrected chi connectivity index (χ1v) is 8.59. The summed E-state index contributed by atoms with van der Waals surface area (Å²) in [5, 5.41) is 10.8. The Morgan fingerprint density at radius 2 is 2.04 bits per heavy atom.